The van der Waals surface area contributed by atoms with Crippen molar-refractivity contribution in [1.29, 1.82) is 5.26 Å². The molecule has 1 aliphatic heterocycles. The van der Waals surface area contributed by atoms with Crippen molar-refractivity contribution in [2.75, 3.05) is 13.2 Å². The molecule has 1 heterocycles. The Morgan fingerprint density at radius 3 is 2.46 bits per heavy atom. The minimum absolute atomic E-state index is 0.281. The van der Waals surface area contributed by atoms with E-state index in [0.717, 1.165) is 5.75 Å². The fourth-order valence-electron chi connectivity index (χ4n) is 2.90. The molecule has 26 heavy (non-hydrogen) atoms. The Morgan fingerprint density at radius 2 is 1.81 bits per heavy atom. The number of urea groups is 1. The molecule has 1 N–H and O–H groups in total. The van der Waals surface area contributed by atoms with E-state index in [4.69, 9.17) is 10.00 Å². The van der Waals surface area contributed by atoms with Gasteiger partial charge in [0.05, 0.1) is 18.2 Å². The average molecular weight is 349 g/mol. The largest absolute Gasteiger partial charge is 0.494 e. The van der Waals surface area contributed by atoms with Gasteiger partial charge in [0, 0.05) is 6.54 Å². The fraction of sp³-hybridized carbons (Fsp3) is 0.250. The predicted molar refractivity (Wildman–Crippen MR) is 95.3 cm³/mol. The maximum atomic E-state index is 12.8. The van der Waals surface area contributed by atoms with E-state index < -0.39 is 11.6 Å². The first-order valence-electron chi connectivity index (χ1n) is 8.37. The number of para-hydroxylation sites is 1. The monoisotopic (exact) mass is 349 g/mol. The molecule has 3 amide bonds. The lowest BCUT2D eigenvalue weighted by atomic mass is 9.91. The molecule has 2 aromatic rings. The lowest BCUT2D eigenvalue weighted by Gasteiger charge is -2.22. The van der Waals surface area contributed by atoms with Crippen LogP contribution in [-0.4, -0.2) is 30.0 Å². The fourth-order valence-corrected chi connectivity index (χ4v) is 2.90. The molecule has 0 radical (unpaired) electrons. The van der Waals surface area contributed by atoms with Gasteiger partial charge in [-0.25, -0.2) is 4.79 Å². The molecule has 2 aromatic carbocycles. The normalized spacial score (nSPS) is 19.2. The smallest absolute Gasteiger partial charge is 0.325 e. The van der Waals surface area contributed by atoms with E-state index in [-0.39, 0.29) is 12.5 Å². The molecule has 6 nitrogen and oxygen atoms in total. The number of hydrogen-bond donors (Lipinski definition) is 1. The van der Waals surface area contributed by atoms with E-state index in [1.807, 2.05) is 36.4 Å². The number of nitriles is 1. The number of nitrogens with zero attached hydrogens (tertiary/aromatic N) is 2. The van der Waals surface area contributed by atoms with Gasteiger partial charge in [0.15, 0.2) is 0 Å². The van der Waals surface area contributed by atoms with Crippen molar-refractivity contribution < 1.29 is 14.3 Å². The Kier molecular flexibility index (Phi) is 4.90. The van der Waals surface area contributed by atoms with E-state index in [2.05, 4.69) is 5.32 Å². The zero-order valence-corrected chi connectivity index (χ0v) is 14.4. The minimum atomic E-state index is -1.12. The Hall–Kier alpha value is -3.33. The number of rotatable bonds is 6. The summed E-state index contributed by atoms with van der Waals surface area (Å²) in [5.74, 6) is 0.457. The molecule has 1 atom stereocenters. The van der Waals surface area contributed by atoms with E-state index in [0.29, 0.717) is 24.2 Å². The molecular formula is C20H19N3O3. The number of nitrogens with one attached hydrogen (secondary N) is 1. The zero-order chi connectivity index (χ0) is 18.6. The average Bonchev–Trinajstić information content (AvgIpc) is 2.89. The lowest BCUT2D eigenvalue weighted by molar-refractivity contribution is -0.131. The van der Waals surface area contributed by atoms with Crippen LogP contribution in [0, 0.1) is 11.3 Å². The summed E-state index contributed by atoms with van der Waals surface area (Å²) in [4.78, 5) is 26.3. The van der Waals surface area contributed by atoms with Crippen LogP contribution in [0.25, 0.3) is 0 Å². The molecule has 0 spiro atoms. The van der Waals surface area contributed by atoms with Crippen LogP contribution in [0.2, 0.25) is 0 Å². The molecular weight excluding hydrogens is 330 g/mol. The van der Waals surface area contributed by atoms with Crippen molar-refractivity contribution in [3.8, 4) is 11.8 Å². The third-order valence-corrected chi connectivity index (χ3v) is 4.40. The molecule has 1 aliphatic rings. The van der Waals surface area contributed by atoms with Crippen molar-refractivity contribution in [3.05, 3.63) is 65.7 Å². The van der Waals surface area contributed by atoms with Crippen LogP contribution in [0.1, 0.15) is 24.5 Å². The topological polar surface area (TPSA) is 82.4 Å². The zero-order valence-electron chi connectivity index (χ0n) is 14.4. The third kappa shape index (κ3) is 3.38. The highest BCUT2D eigenvalue weighted by Gasteiger charge is 2.48. The van der Waals surface area contributed by atoms with Crippen LogP contribution in [0.15, 0.2) is 54.6 Å². The molecule has 3 rings (SSSR count). The van der Waals surface area contributed by atoms with Crippen LogP contribution in [0.3, 0.4) is 0 Å². The van der Waals surface area contributed by atoms with Crippen molar-refractivity contribution in [2.45, 2.75) is 18.9 Å². The SMILES string of the molecule is CC1(c2ccc(C#N)cc2)NC(=O)N(CCCOc2ccccc2)C1=O. The highest BCUT2D eigenvalue weighted by molar-refractivity contribution is 6.07. The Morgan fingerprint density at radius 1 is 1.12 bits per heavy atom. The van der Waals surface area contributed by atoms with Crippen molar-refractivity contribution in [2.24, 2.45) is 0 Å². The van der Waals surface area contributed by atoms with Crippen LogP contribution < -0.4 is 10.1 Å². The maximum absolute atomic E-state index is 12.8. The molecule has 1 fully saturated rings. The van der Waals surface area contributed by atoms with Gasteiger partial charge in [-0.05, 0) is 43.2 Å². The number of hydrogen-bond acceptors (Lipinski definition) is 4. The minimum Gasteiger partial charge on any atom is -0.494 e. The van der Waals surface area contributed by atoms with Gasteiger partial charge in [-0.3, -0.25) is 9.69 Å². The molecule has 132 valence electrons. The molecule has 1 saturated heterocycles. The number of benzene rings is 2. The molecule has 0 saturated carbocycles. The maximum Gasteiger partial charge on any atom is 0.325 e. The van der Waals surface area contributed by atoms with Gasteiger partial charge in [-0.15, -0.1) is 0 Å². The number of carbonyl (C=O) groups is 2. The highest BCUT2D eigenvalue weighted by atomic mass is 16.5. The second-order valence-corrected chi connectivity index (χ2v) is 6.22. The van der Waals surface area contributed by atoms with E-state index in [1.54, 1.807) is 31.2 Å². The van der Waals surface area contributed by atoms with Gasteiger partial charge in [-0.2, -0.15) is 5.26 Å². The molecule has 0 aromatic heterocycles. The van der Waals surface area contributed by atoms with Gasteiger partial charge >= 0.3 is 6.03 Å². The van der Waals surface area contributed by atoms with E-state index >= 15 is 0 Å². The van der Waals surface area contributed by atoms with Gasteiger partial charge in [0.1, 0.15) is 11.3 Å². The van der Waals surface area contributed by atoms with Crippen molar-refractivity contribution in [1.82, 2.24) is 10.2 Å². The van der Waals surface area contributed by atoms with Gasteiger partial charge in [0.2, 0.25) is 0 Å². The molecule has 1 unspecified atom stereocenters. The molecule has 0 aliphatic carbocycles. The first kappa shape index (κ1) is 17.5. The van der Waals surface area contributed by atoms with E-state index in [1.165, 1.54) is 4.90 Å². The first-order chi connectivity index (χ1) is 12.5. The third-order valence-electron chi connectivity index (χ3n) is 4.40. The number of amides is 3. The summed E-state index contributed by atoms with van der Waals surface area (Å²) in [6.07, 6.45) is 0.539. The second kappa shape index (κ2) is 7.28. The summed E-state index contributed by atoms with van der Waals surface area (Å²) in [6, 6.07) is 17.7. The number of ether oxygens (including phenoxy) is 1. The summed E-state index contributed by atoms with van der Waals surface area (Å²) >= 11 is 0. The highest BCUT2D eigenvalue weighted by Crippen LogP contribution is 2.29. The van der Waals surface area contributed by atoms with E-state index in [9.17, 15) is 9.59 Å². The summed E-state index contributed by atoms with van der Waals surface area (Å²) in [5.41, 5.74) is 0.0349. The summed E-state index contributed by atoms with van der Waals surface area (Å²) in [7, 11) is 0. The van der Waals surface area contributed by atoms with Crippen molar-refractivity contribution in [3.63, 3.8) is 0 Å². The Bertz CT molecular complexity index is 843. The van der Waals surface area contributed by atoms with Gasteiger partial charge < -0.3 is 10.1 Å². The second-order valence-electron chi connectivity index (χ2n) is 6.22. The first-order valence-corrected chi connectivity index (χ1v) is 8.37. The van der Waals surface area contributed by atoms with Crippen LogP contribution >= 0.6 is 0 Å². The quantitative estimate of drug-likeness (QED) is 0.642. The molecule has 6 heteroatoms. The van der Waals surface area contributed by atoms with Crippen LogP contribution in [-0.2, 0) is 10.3 Å². The number of imide groups is 1. The summed E-state index contributed by atoms with van der Waals surface area (Å²) < 4.78 is 5.60. The predicted octanol–water partition coefficient (Wildman–Crippen LogP) is 2.79. The van der Waals surface area contributed by atoms with Gasteiger partial charge in [0.25, 0.3) is 5.91 Å². The Labute approximate surface area is 152 Å². The standard InChI is InChI=1S/C20H19N3O3/c1-20(16-10-8-15(14-21)9-11-16)18(24)23(19(25)22-20)12-5-13-26-17-6-3-2-4-7-17/h2-4,6-11H,5,12-13H2,1H3,(H,22,25). The number of carbonyl (C=O) groups excluding carboxylic acids is 2. The summed E-state index contributed by atoms with van der Waals surface area (Å²) in [5, 5.41) is 11.6. The van der Waals surface area contributed by atoms with Crippen LogP contribution in [0.5, 0.6) is 5.75 Å². The molecule has 0 bridgehead atoms. The van der Waals surface area contributed by atoms with Crippen molar-refractivity contribution >= 4 is 11.9 Å². The summed E-state index contributed by atoms with van der Waals surface area (Å²) in [6.45, 7) is 2.37. The Balaban J connectivity index is 1.61. The van der Waals surface area contributed by atoms with Gasteiger partial charge in [-0.1, -0.05) is 30.3 Å². The lowest BCUT2D eigenvalue weighted by Crippen LogP contribution is -2.41. The van der Waals surface area contributed by atoms with Crippen LogP contribution in [0.4, 0.5) is 4.79 Å².